The van der Waals surface area contributed by atoms with Gasteiger partial charge in [-0.15, -0.1) is 0 Å². The van der Waals surface area contributed by atoms with Gasteiger partial charge in [0.05, 0.1) is 11.0 Å². The van der Waals surface area contributed by atoms with E-state index in [2.05, 4.69) is 4.90 Å². The van der Waals surface area contributed by atoms with Crippen molar-refractivity contribution in [1.29, 1.82) is 0 Å². The molecule has 122 valence electrons. The Morgan fingerprint density at radius 1 is 1.23 bits per heavy atom. The molecule has 1 atom stereocenters. The number of rotatable bonds is 3. The molecule has 22 heavy (non-hydrogen) atoms. The minimum atomic E-state index is -4.25. The van der Waals surface area contributed by atoms with Crippen molar-refractivity contribution in [3.05, 3.63) is 23.8 Å². The number of fused-ring (bicyclic) bond motifs is 1. The standard InChI is InChI=1S/C15H21NO5S/c17-15-3-6-16(10-11-4-7-21-8-5-11)14-2-1-12(9-13(14)15)22(18,19)20/h1-2,9,11,15,17H,3-8,10H2,(H,18,19,20). The second-order valence-corrected chi connectivity index (χ2v) is 7.42. The van der Waals surface area contributed by atoms with E-state index in [0.717, 1.165) is 44.8 Å². The van der Waals surface area contributed by atoms with Crippen LogP contribution in [0.4, 0.5) is 5.69 Å². The van der Waals surface area contributed by atoms with Crippen LogP contribution in [0, 0.1) is 5.92 Å². The summed E-state index contributed by atoms with van der Waals surface area (Å²) >= 11 is 0. The maximum Gasteiger partial charge on any atom is 0.294 e. The molecule has 0 bridgehead atoms. The molecule has 0 aromatic heterocycles. The summed E-state index contributed by atoms with van der Waals surface area (Å²) in [6, 6.07) is 4.45. The van der Waals surface area contributed by atoms with Crippen molar-refractivity contribution in [2.45, 2.75) is 30.3 Å². The summed E-state index contributed by atoms with van der Waals surface area (Å²) in [4.78, 5) is 2.03. The Kier molecular flexibility index (Phi) is 4.40. The van der Waals surface area contributed by atoms with Gasteiger partial charge in [-0.25, -0.2) is 0 Å². The van der Waals surface area contributed by atoms with E-state index in [0.29, 0.717) is 17.9 Å². The van der Waals surface area contributed by atoms with Gasteiger partial charge in [0.2, 0.25) is 0 Å². The number of aliphatic hydroxyl groups is 1. The van der Waals surface area contributed by atoms with E-state index >= 15 is 0 Å². The third-order valence-electron chi connectivity index (χ3n) is 4.49. The average Bonchev–Trinajstić information content (AvgIpc) is 2.50. The number of hydrogen-bond acceptors (Lipinski definition) is 5. The molecule has 2 heterocycles. The lowest BCUT2D eigenvalue weighted by Gasteiger charge is -2.37. The van der Waals surface area contributed by atoms with E-state index in [1.54, 1.807) is 6.07 Å². The first-order valence-corrected chi connectivity index (χ1v) is 9.01. The molecule has 0 spiro atoms. The highest BCUT2D eigenvalue weighted by Crippen LogP contribution is 2.36. The Hall–Kier alpha value is -1.15. The van der Waals surface area contributed by atoms with Crippen molar-refractivity contribution in [1.82, 2.24) is 0 Å². The summed E-state index contributed by atoms with van der Waals surface area (Å²) < 4.78 is 37.1. The van der Waals surface area contributed by atoms with Crippen molar-refractivity contribution >= 4 is 15.8 Å². The largest absolute Gasteiger partial charge is 0.388 e. The van der Waals surface area contributed by atoms with Crippen LogP contribution < -0.4 is 4.90 Å². The summed E-state index contributed by atoms with van der Waals surface area (Å²) in [5.41, 5.74) is 1.44. The van der Waals surface area contributed by atoms with E-state index in [1.807, 2.05) is 0 Å². The topological polar surface area (TPSA) is 87.1 Å². The van der Waals surface area contributed by atoms with Crippen molar-refractivity contribution in [2.75, 3.05) is 31.2 Å². The molecular formula is C15H21NO5S. The zero-order chi connectivity index (χ0) is 15.7. The van der Waals surface area contributed by atoms with Crippen LogP contribution in [-0.2, 0) is 14.9 Å². The van der Waals surface area contributed by atoms with Crippen LogP contribution >= 0.6 is 0 Å². The predicted molar refractivity (Wildman–Crippen MR) is 81.6 cm³/mol. The fraction of sp³-hybridized carbons (Fsp3) is 0.600. The first-order valence-electron chi connectivity index (χ1n) is 7.57. The molecule has 1 aromatic rings. The van der Waals surface area contributed by atoms with Crippen LogP contribution in [0.5, 0.6) is 0 Å². The molecule has 0 amide bonds. The van der Waals surface area contributed by atoms with Gasteiger partial charge in [0.15, 0.2) is 0 Å². The average molecular weight is 327 g/mol. The van der Waals surface area contributed by atoms with Gasteiger partial charge in [0.1, 0.15) is 0 Å². The molecule has 2 aliphatic heterocycles. The smallest absolute Gasteiger partial charge is 0.294 e. The van der Waals surface area contributed by atoms with Crippen LogP contribution in [0.2, 0.25) is 0 Å². The Balaban J connectivity index is 1.86. The lowest BCUT2D eigenvalue weighted by Crippen LogP contribution is -2.37. The molecule has 0 radical (unpaired) electrons. The second kappa shape index (κ2) is 6.16. The maximum atomic E-state index is 11.3. The van der Waals surface area contributed by atoms with Crippen LogP contribution in [0.15, 0.2) is 23.1 Å². The lowest BCUT2D eigenvalue weighted by atomic mass is 9.95. The van der Waals surface area contributed by atoms with Crippen LogP contribution in [0.25, 0.3) is 0 Å². The third kappa shape index (κ3) is 3.27. The SMILES string of the molecule is O=S(=O)(O)c1ccc2c(c1)C(O)CCN2CC1CCOCC1. The molecular weight excluding hydrogens is 306 g/mol. The quantitative estimate of drug-likeness (QED) is 0.820. The highest BCUT2D eigenvalue weighted by Gasteiger charge is 2.27. The molecule has 0 aliphatic carbocycles. The molecule has 0 saturated carbocycles. The molecule has 1 fully saturated rings. The number of ether oxygens (including phenoxy) is 1. The summed E-state index contributed by atoms with van der Waals surface area (Å²) in [5.74, 6) is 0.554. The minimum absolute atomic E-state index is 0.168. The van der Waals surface area contributed by atoms with E-state index < -0.39 is 16.2 Å². The zero-order valence-corrected chi connectivity index (χ0v) is 13.1. The number of aliphatic hydroxyl groups excluding tert-OH is 1. The molecule has 7 heteroatoms. The molecule has 1 saturated heterocycles. The minimum Gasteiger partial charge on any atom is -0.388 e. The van der Waals surface area contributed by atoms with Gasteiger partial charge in [-0.2, -0.15) is 8.42 Å². The maximum absolute atomic E-state index is 11.3. The molecule has 1 unspecified atom stereocenters. The monoisotopic (exact) mass is 327 g/mol. The van der Waals surface area contributed by atoms with E-state index in [1.165, 1.54) is 12.1 Å². The predicted octanol–water partition coefficient (Wildman–Crippen LogP) is 1.60. The van der Waals surface area contributed by atoms with Gasteiger partial charge < -0.3 is 14.7 Å². The van der Waals surface area contributed by atoms with E-state index in [-0.39, 0.29) is 4.90 Å². The normalized spacial score (nSPS) is 23.4. The zero-order valence-electron chi connectivity index (χ0n) is 12.3. The Morgan fingerprint density at radius 3 is 2.64 bits per heavy atom. The summed E-state index contributed by atoms with van der Waals surface area (Å²) in [5, 5.41) is 10.2. The highest BCUT2D eigenvalue weighted by atomic mass is 32.2. The Labute approximate surface area is 130 Å². The van der Waals surface area contributed by atoms with Crippen molar-refractivity contribution in [3.8, 4) is 0 Å². The van der Waals surface area contributed by atoms with Gasteiger partial charge in [-0.05, 0) is 43.4 Å². The first kappa shape index (κ1) is 15.7. The van der Waals surface area contributed by atoms with Crippen LogP contribution in [0.1, 0.15) is 30.9 Å². The fourth-order valence-corrected chi connectivity index (χ4v) is 3.75. The summed E-state index contributed by atoms with van der Waals surface area (Å²) in [7, 11) is -4.25. The van der Waals surface area contributed by atoms with Crippen molar-refractivity contribution < 1.29 is 22.8 Å². The number of nitrogens with zero attached hydrogens (tertiary/aromatic N) is 1. The number of hydrogen-bond donors (Lipinski definition) is 2. The van der Waals surface area contributed by atoms with Gasteiger partial charge in [-0.3, -0.25) is 4.55 Å². The van der Waals surface area contributed by atoms with Gasteiger partial charge in [-0.1, -0.05) is 0 Å². The molecule has 6 nitrogen and oxygen atoms in total. The van der Waals surface area contributed by atoms with Crippen LogP contribution in [-0.4, -0.2) is 44.4 Å². The summed E-state index contributed by atoms with van der Waals surface area (Å²) in [6.45, 7) is 3.20. The fourth-order valence-electron chi connectivity index (χ4n) is 3.23. The molecule has 2 N–H and O–H groups in total. The second-order valence-electron chi connectivity index (χ2n) is 6.00. The molecule has 3 rings (SSSR count). The number of anilines is 1. The van der Waals surface area contributed by atoms with Crippen LogP contribution in [0.3, 0.4) is 0 Å². The third-order valence-corrected chi connectivity index (χ3v) is 5.34. The van der Waals surface area contributed by atoms with Crippen molar-refractivity contribution in [2.24, 2.45) is 5.92 Å². The Morgan fingerprint density at radius 2 is 1.95 bits per heavy atom. The van der Waals surface area contributed by atoms with Crippen molar-refractivity contribution in [3.63, 3.8) is 0 Å². The van der Waals surface area contributed by atoms with E-state index in [4.69, 9.17) is 9.29 Å². The Bertz CT molecular complexity index is 639. The first-order chi connectivity index (χ1) is 10.4. The van der Waals surface area contributed by atoms with Gasteiger partial charge in [0.25, 0.3) is 10.1 Å². The molecule has 1 aromatic carbocycles. The van der Waals surface area contributed by atoms with E-state index in [9.17, 15) is 13.5 Å². The lowest BCUT2D eigenvalue weighted by molar-refractivity contribution is 0.0675. The molecule has 2 aliphatic rings. The van der Waals surface area contributed by atoms with Gasteiger partial charge >= 0.3 is 0 Å². The number of benzene rings is 1. The summed E-state index contributed by atoms with van der Waals surface area (Å²) in [6.07, 6.45) is 1.92. The highest BCUT2D eigenvalue weighted by molar-refractivity contribution is 7.85. The van der Waals surface area contributed by atoms with Gasteiger partial charge in [0, 0.05) is 37.6 Å².